The molecule has 1 heterocycles. The van der Waals surface area contributed by atoms with Gasteiger partial charge in [-0.2, -0.15) is 0 Å². The summed E-state index contributed by atoms with van der Waals surface area (Å²) in [7, 11) is 1.64. The Bertz CT molecular complexity index is 934. The van der Waals surface area contributed by atoms with Gasteiger partial charge in [0.15, 0.2) is 0 Å². The van der Waals surface area contributed by atoms with Crippen LogP contribution in [0.3, 0.4) is 0 Å². The third-order valence-corrected chi connectivity index (χ3v) is 4.46. The normalized spacial score (nSPS) is 12.1. The van der Waals surface area contributed by atoms with Gasteiger partial charge in [0.1, 0.15) is 11.3 Å². The van der Waals surface area contributed by atoms with Gasteiger partial charge in [-0.25, -0.2) is 0 Å². The lowest BCUT2D eigenvalue weighted by Crippen LogP contribution is -2.29. The molecular formula is C18H15ClN2O4. The van der Waals surface area contributed by atoms with Gasteiger partial charge in [0.2, 0.25) is 0 Å². The van der Waals surface area contributed by atoms with Gasteiger partial charge in [-0.1, -0.05) is 29.8 Å². The van der Waals surface area contributed by atoms with Crippen LogP contribution in [-0.4, -0.2) is 22.8 Å². The van der Waals surface area contributed by atoms with Gasteiger partial charge in [-0.05, 0) is 25.1 Å². The van der Waals surface area contributed by atoms with Crippen molar-refractivity contribution in [3.05, 3.63) is 75.0 Å². The van der Waals surface area contributed by atoms with Crippen LogP contribution in [0, 0.1) is 10.1 Å². The number of fused-ring (bicyclic) bond motifs is 1. The van der Waals surface area contributed by atoms with Crippen molar-refractivity contribution in [2.75, 3.05) is 7.05 Å². The van der Waals surface area contributed by atoms with E-state index in [9.17, 15) is 14.9 Å². The van der Waals surface area contributed by atoms with Crippen molar-refractivity contribution >= 4 is 34.2 Å². The van der Waals surface area contributed by atoms with Crippen LogP contribution < -0.4 is 0 Å². The van der Waals surface area contributed by atoms with E-state index in [0.717, 1.165) is 11.0 Å². The molecule has 1 atom stereocenters. The second-order valence-electron chi connectivity index (χ2n) is 5.70. The van der Waals surface area contributed by atoms with E-state index in [1.165, 1.54) is 23.1 Å². The second-order valence-corrected chi connectivity index (χ2v) is 6.11. The van der Waals surface area contributed by atoms with E-state index in [1.807, 2.05) is 37.3 Å². The number of nitro benzene ring substituents is 1. The van der Waals surface area contributed by atoms with Gasteiger partial charge in [0.05, 0.1) is 21.6 Å². The quantitative estimate of drug-likeness (QED) is 0.494. The molecule has 0 aliphatic carbocycles. The molecule has 1 amide bonds. The maximum absolute atomic E-state index is 12.7. The summed E-state index contributed by atoms with van der Waals surface area (Å²) in [5, 5.41) is 11.8. The highest BCUT2D eigenvalue weighted by molar-refractivity contribution is 6.34. The fourth-order valence-electron chi connectivity index (χ4n) is 2.56. The molecule has 128 valence electrons. The Balaban J connectivity index is 1.87. The van der Waals surface area contributed by atoms with Gasteiger partial charge < -0.3 is 9.32 Å². The maximum atomic E-state index is 12.7. The second kappa shape index (κ2) is 6.57. The van der Waals surface area contributed by atoms with Crippen LogP contribution in [0.4, 0.5) is 5.69 Å². The summed E-state index contributed by atoms with van der Waals surface area (Å²) < 4.78 is 5.80. The molecular weight excluding hydrogens is 344 g/mol. The lowest BCUT2D eigenvalue weighted by atomic mass is 10.1. The zero-order valence-electron chi connectivity index (χ0n) is 13.6. The van der Waals surface area contributed by atoms with Gasteiger partial charge in [0, 0.05) is 24.6 Å². The van der Waals surface area contributed by atoms with Crippen molar-refractivity contribution in [3.63, 3.8) is 0 Å². The molecule has 1 aromatic heterocycles. The number of halogens is 1. The zero-order chi connectivity index (χ0) is 18.1. The van der Waals surface area contributed by atoms with E-state index in [0.29, 0.717) is 5.76 Å². The molecule has 0 saturated heterocycles. The fraction of sp³-hybridized carbons (Fsp3) is 0.167. The average Bonchev–Trinajstić information content (AvgIpc) is 3.03. The number of nitrogens with zero attached hydrogens (tertiary/aromatic N) is 2. The number of carbonyl (C=O) groups is 1. The summed E-state index contributed by atoms with van der Waals surface area (Å²) in [6, 6.07) is 13.0. The summed E-state index contributed by atoms with van der Waals surface area (Å²) >= 11 is 6.05. The smallest absolute Gasteiger partial charge is 0.270 e. The standard InChI is InChI=1S/C18H15ClN2O4/c1-11(17-9-12-5-3-4-6-16(12)25-17)20(2)18(22)14-8-7-13(21(23)24)10-15(14)19/h3-11H,1-2H3. The van der Waals surface area contributed by atoms with E-state index < -0.39 is 4.92 Å². The highest BCUT2D eigenvalue weighted by Crippen LogP contribution is 2.29. The number of carbonyl (C=O) groups excluding carboxylic acids is 1. The molecule has 0 fully saturated rings. The number of furan rings is 1. The Morgan fingerprint density at radius 2 is 1.96 bits per heavy atom. The highest BCUT2D eigenvalue weighted by Gasteiger charge is 2.24. The van der Waals surface area contributed by atoms with Gasteiger partial charge in [0.25, 0.3) is 11.6 Å². The third kappa shape index (κ3) is 3.21. The highest BCUT2D eigenvalue weighted by atomic mass is 35.5. The summed E-state index contributed by atoms with van der Waals surface area (Å²) in [6.07, 6.45) is 0. The molecule has 0 aliphatic rings. The lowest BCUT2D eigenvalue weighted by molar-refractivity contribution is -0.384. The molecule has 0 aliphatic heterocycles. The van der Waals surface area contributed by atoms with Crippen LogP contribution >= 0.6 is 11.6 Å². The van der Waals surface area contributed by atoms with Crippen molar-refractivity contribution in [2.45, 2.75) is 13.0 Å². The monoisotopic (exact) mass is 358 g/mol. The number of amides is 1. The van der Waals surface area contributed by atoms with E-state index in [-0.39, 0.29) is 28.2 Å². The number of hydrogen-bond donors (Lipinski definition) is 0. The van der Waals surface area contributed by atoms with Crippen LogP contribution in [-0.2, 0) is 0 Å². The van der Waals surface area contributed by atoms with Crippen molar-refractivity contribution in [1.82, 2.24) is 4.90 Å². The topological polar surface area (TPSA) is 76.6 Å². The molecule has 3 rings (SSSR count). The SMILES string of the molecule is CC(c1cc2ccccc2o1)N(C)C(=O)c1ccc([N+](=O)[O-])cc1Cl. The molecule has 7 heteroatoms. The van der Waals surface area contributed by atoms with Crippen molar-refractivity contribution in [1.29, 1.82) is 0 Å². The van der Waals surface area contributed by atoms with Crippen molar-refractivity contribution in [2.24, 2.45) is 0 Å². The molecule has 0 saturated carbocycles. The molecule has 2 aromatic carbocycles. The molecule has 3 aromatic rings. The first-order valence-corrected chi connectivity index (χ1v) is 7.96. The van der Waals surface area contributed by atoms with Crippen LogP contribution in [0.1, 0.15) is 29.1 Å². The molecule has 0 spiro atoms. The van der Waals surface area contributed by atoms with Gasteiger partial charge >= 0.3 is 0 Å². The number of rotatable bonds is 4. The largest absolute Gasteiger partial charge is 0.459 e. The Kier molecular flexibility index (Phi) is 4.46. The lowest BCUT2D eigenvalue weighted by Gasteiger charge is -2.23. The Morgan fingerprint density at radius 1 is 1.24 bits per heavy atom. The van der Waals surface area contributed by atoms with E-state index in [4.69, 9.17) is 16.0 Å². The predicted molar refractivity (Wildman–Crippen MR) is 94.8 cm³/mol. The molecule has 1 unspecified atom stereocenters. The minimum Gasteiger partial charge on any atom is -0.459 e. The molecule has 0 bridgehead atoms. The maximum Gasteiger partial charge on any atom is 0.270 e. The van der Waals surface area contributed by atoms with Gasteiger partial charge in [-0.3, -0.25) is 14.9 Å². The summed E-state index contributed by atoms with van der Waals surface area (Å²) in [5.41, 5.74) is 0.797. The molecule has 6 nitrogen and oxygen atoms in total. The molecule has 0 radical (unpaired) electrons. The summed E-state index contributed by atoms with van der Waals surface area (Å²) in [6.45, 7) is 1.84. The first-order valence-electron chi connectivity index (χ1n) is 7.58. The number of hydrogen-bond acceptors (Lipinski definition) is 4. The summed E-state index contributed by atoms with van der Waals surface area (Å²) in [4.78, 5) is 24.4. The van der Waals surface area contributed by atoms with Crippen LogP contribution in [0.5, 0.6) is 0 Å². The zero-order valence-corrected chi connectivity index (χ0v) is 14.4. The van der Waals surface area contributed by atoms with Crippen molar-refractivity contribution < 1.29 is 14.1 Å². The molecule has 25 heavy (non-hydrogen) atoms. The van der Waals surface area contributed by atoms with Crippen molar-refractivity contribution in [3.8, 4) is 0 Å². The van der Waals surface area contributed by atoms with Gasteiger partial charge in [-0.15, -0.1) is 0 Å². The first kappa shape index (κ1) is 17.0. The fourth-order valence-corrected chi connectivity index (χ4v) is 2.81. The summed E-state index contributed by atoms with van der Waals surface area (Å²) in [5.74, 6) is 0.308. The van der Waals surface area contributed by atoms with E-state index in [2.05, 4.69) is 0 Å². The Morgan fingerprint density at radius 3 is 2.60 bits per heavy atom. The van der Waals surface area contributed by atoms with Crippen LogP contribution in [0.15, 0.2) is 52.9 Å². The number of para-hydroxylation sites is 1. The first-order chi connectivity index (χ1) is 11.9. The van der Waals surface area contributed by atoms with Crippen LogP contribution in [0.25, 0.3) is 11.0 Å². The Labute approximate surface area is 148 Å². The molecule has 0 N–H and O–H groups in total. The Hall–Kier alpha value is -2.86. The number of nitro groups is 1. The number of benzene rings is 2. The van der Waals surface area contributed by atoms with Crippen LogP contribution in [0.2, 0.25) is 5.02 Å². The number of non-ortho nitro benzene ring substituents is 1. The van der Waals surface area contributed by atoms with E-state index >= 15 is 0 Å². The van der Waals surface area contributed by atoms with E-state index in [1.54, 1.807) is 7.05 Å². The predicted octanol–water partition coefficient (Wildman–Crippen LogP) is 4.83. The minimum atomic E-state index is -0.555. The third-order valence-electron chi connectivity index (χ3n) is 4.15. The minimum absolute atomic E-state index is 0.0443. The average molecular weight is 359 g/mol.